The van der Waals surface area contributed by atoms with E-state index in [9.17, 15) is 13.2 Å². The number of nitrogens with zero attached hydrogens (tertiary/aromatic N) is 4. The number of hydrogen-bond acceptors (Lipinski definition) is 6. The maximum absolute atomic E-state index is 12.9. The molecule has 1 aromatic carbocycles. The maximum atomic E-state index is 12.9. The Bertz CT molecular complexity index is 1220. The zero-order valence-electron chi connectivity index (χ0n) is 18.8. The van der Waals surface area contributed by atoms with Crippen molar-refractivity contribution in [2.45, 2.75) is 32.2 Å². The third-order valence-electron chi connectivity index (χ3n) is 5.58. The molecule has 8 nitrogen and oxygen atoms in total. The Balaban J connectivity index is 1.48. The van der Waals surface area contributed by atoms with E-state index in [4.69, 9.17) is 0 Å². The summed E-state index contributed by atoms with van der Waals surface area (Å²) < 4.78 is 29.2. The van der Waals surface area contributed by atoms with Crippen molar-refractivity contribution in [1.82, 2.24) is 19.0 Å². The first-order chi connectivity index (χ1) is 15.1. The number of fused-ring (bicyclic) bond motifs is 1. The summed E-state index contributed by atoms with van der Waals surface area (Å²) in [7, 11) is -1.54. The third-order valence-corrected chi connectivity index (χ3v) is 8.64. The Morgan fingerprint density at radius 2 is 1.81 bits per heavy atom. The van der Waals surface area contributed by atoms with Gasteiger partial charge in [-0.2, -0.15) is 9.40 Å². The van der Waals surface area contributed by atoms with Crippen LogP contribution in [-0.4, -0.2) is 66.5 Å². The van der Waals surface area contributed by atoms with E-state index in [-0.39, 0.29) is 10.8 Å². The van der Waals surface area contributed by atoms with E-state index in [0.717, 1.165) is 35.5 Å². The van der Waals surface area contributed by atoms with Gasteiger partial charge in [0.25, 0.3) is 5.91 Å². The van der Waals surface area contributed by atoms with Gasteiger partial charge in [0, 0.05) is 43.8 Å². The molecular formula is C22H29N5O3S2. The first-order valence-corrected chi connectivity index (χ1v) is 13.0. The molecule has 0 saturated carbocycles. The number of piperazine rings is 1. The molecule has 0 unspecified atom stereocenters. The lowest BCUT2D eigenvalue weighted by atomic mass is 10.2. The summed E-state index contributed by atoms with van der Waals surface area (Å²) in [6.45, 7) is 9.43. The van der Waals surface area contributed by atoms with Crippen molar-refractivity contribution >= 4 is 43.2 Å². The van der Waals surface area contributed by atoms with E-state index in [0.29, 0.717) is 29.6 Å². The number of likely N-dealkylation sites (N-methyl/N-ethyl adjacent to an activating group) is 1. The molecule has 2 aromatic heterocycles. The number of carbonyl (C=O) groups is 1. The van der Waals surface area contributed by atoms with Gasteiger partial charge in [-0.05, 0) is 50.2 Å². The highest BCUT2D eigenvalue weighted by Crippen LogP contribution is 2.29. The van der Waals surface area contributed by atoms with Gasteiger partial charge < -0.3 is 10.2 Å². The SMILES string of the molecule is Cc1nn(CC(C)C)c2sc(C(=O)Nc3ccc(S(=O)(=O)N4CCN(C)CC4)cc3)cc12. The molecule has 1 saturated heterocycles. The number of anilines is 1. The summed E-state index contributed by atoms with van der Waals surface area (Å²) in [5, 5.41) is 8.46. The predicted molar refractivity (Wildman–Crippen MR) is 128 cm³/mol. The zero-order valence-corrected chi connectivity index (χ0v) is 20.5. The second-order valence-corrected chi connectivity index (χ2v) is 11.6. The van der Waals surface area contributed by atoms with Crippen LogP contribution in [0.2, 0.25) is 0 Å². The van der Waals surface area contributed by atoms with Gasteiger partial charge in [-0.1, -0.05) is 13.8 Å². The lowest BCUT2D eigenvalue weighted by Crippen LogP contribution is -2.46. The van der Waals surface area contributed by atoms with Crippen molar-refractivity contribution in [2.24, 2.45) is 5.92 Å². The topological polar surface area (TPSA) is 87.5 Å². The monoisotopic (exact) mass is 475 g/mol. The van der Waals surface area contributed by atoms with Gasteiger partial charge in [0.1, 0.15) is 4.83 Å². The summed E-state index contributed by atoms with van der Waals surface area (Å²) in [5.74, 6) is 0.244. The fraction of sp³-hybridized carbons (Fsp3) is 0.455. The summed E-state index contributed by atoms with van der Waals surface area (Å²) in [6.07, 6.45) is 0. The number of aromatic nitrogens is 2. The molecule has 1 fully saturated rings. The Hall–Kier alpha value is -2.27. The molecule has 3 aromatic rings. The fourth-order valence-electron chi connectivity index (χ4n) is 3.77. The highest BCUT2D eigenvalue weighted by atomic mass is 32.2. The van der Waals surface area contributed by atoms with Crippen LogP contribution in [0.15, 0.2) is 35.2 Å². The van der Waals surface area contributed by atoms with E-state index >= 15 is 0 Å². The predicted octanol–water partition coefficient (Wildman–Crippen LogP) is 3.25. The summed E-state index contributed by atoms with van der Waals surface area (Å²) in [4.78, 5) is 16.8. The molecule has 172 valence electrons. The number of amides is 1. The van der Waals surface area contributed by atoms with E-state index in [2.05, 4.69) is 29.2 Å². The smallest absolute Gasteiger partial charge is 0.265 e. The number of thiophene rings is 1. The van der Waals surface area contributed by atoms with Crippen LogP contribution in [0.3, 0.4) is 0 Å². The summed E-state index contributed by atoms with van der Waals surface area (Å²) in [6, 6.07) is 8.26. The van der Waals surface area contributed by atoms with Crippen LogP contribution in [0.4, 0.5) is 5.69 Å². The average molecular weight is 476 g/mol. The molecule has 0 radical (unpaired) electrons. The molecule has 1 aliphatic rings. The van der Waals surface area contributed by atoms with Crippen LogP contribution in [0, 0.1) is 12.8 Å². The third kappa shape index (κ3) is 4.59. The molecule has 0 atom stereocenters. The normalized spacial score (nSPS) is 16.2. The van der Waals surface area contributed by atoms with Gasteiger partial charge in [-0.25, -0.2) is 8.42 Å². The molecule has 32 heavy (non-hydrogen) atoms. The molecule has 0 aliphatic carbocycles. The van der Waals surface area contributed by atoms with E-state index in [1.807, 2.05) is 24.7 Å². The average Bonchev–Trinajstić information content (AvgIpc) is 3.30. The quantitative estimate of drug-likeness (QED) is 0.591. The van der Waals surface area contributed by atoms with Crippen LogP contribution in [0.25, 0.3) is 10.2 Å². The molecular weight excluding hydrogens is 446 g/mol. The van der Waals surface area contributed by atoms with Crippen LogP contribution >= 0.6 is 11.3 Å². The first kappa shape index (κ1) is 22.9. The zero-order chi connectivity index (χ0) is 23.0. The Labute approximate surface area is 192 Å². The van der Waals surface area contributed by atoms with E-state index in [1.165, 1.54) is 15.6 Å². The molecule has 1 N–H and O–H groups in total. The Morgan fingerprint density at radius 1 is 1.16 bits per heavy atom. The van der Waals surface area contributed by atoms with Crippen molar-refractivity contribution < 1.29 is 13.2 Å². The van der Waals surface area contributed by atoms with Crippen molar-refractivity contribution in [2.75, 3.05) is 38.5 Å². The summed E-state index contributed by atoms with van der Waals surface area (Å²) >= 11 is 1.42. The van der Waals surface area contributed by atoms with Gasteiger partial charge in [0.15, 0.2) is 0 Å². The Morgan fingerprint density at radius 3 is 2.44 bits per heavy atom. The number of aryl methyl sites for hydroxylation is 1. The highest BCUT2D eigenvalue weighted by Gasteiger charge is 2.27. The maximum Gasteiger partial charge on any atom is 0.265 e. The van der Waals surface area contributed by atoms with Gasteiger partial charge in [0.2, 0.25) is 10.0 Å². The van der Waals surface area contributed by atoms with E-state index in [1.54, 1.807) is 24.3 Å². The molecule has 0 spiro atoms. The first-order valence-electron chi connectivity index (χ1n) is 10.7. The minimum absolute atomic E-state index is 0.212. The van der Waals surface area contributed by atoms with Crippen LogP contribution in [0.1, 0.15) is 29.2 Å². The molecule has 1 aliphatic heterocycles. The largest absolute Gasteiger partial charge is 0.321 e. The Kier molecular flexibility index (Phi) is 6.39. The highest BCUT2D eigenvalue weighted by molar-refractivity contribution is 7.89. The standard InChI is InChI=1S/C22H29N5O3S2/c1-15(2)14-27-22-19(16(3)24-27)13-20(31-22)21(28)23-17-5-7-18(8-6-17)32(29,30)26-11-9-25(4)10-12-26/h5-8,13,15H,9-12,14H2,1-4H3,(H,23,28). The van der Waals surface area contributed by atoms with E-state index < -0.39 is 10.0 Å². The minimum Gasteiger partial charge on any atom is -0.321 e. The van der Waals surface area contributed by atoms with Gasteiger partial charge in [-0.3, -0.25) is 9.48 Å². The minimum atomic E-state index is -3.53. The van der Waals surface area contributed by atoms with Gasteiger partial charge in [0.05, 0.1) is 15.5 Å². The number of rotatable bonds is 6. The van der Waals surface area contributed by atoms with Gasteiger partial charge in [-0.15, -0.1) is 11.3 Å². The van der Waals surface area contributed by atoms with Crippen LogP contribution in [0.5, 0.6) is 0 Å². The van der Waals surface area contributed by atoms with Crippen LogP contribution in [-0.2, 0) is 16.6 Å². The molecule has 0 bridgehead atoms. The summed E-state index contributed by atoms with van der Waals surface area (Å²) in [5.41, 5.74) is 1.47. The number of benzene rings is 1. The van der Waals surface area contributed by atoms with Gasteiger partial charge >= 0.3 is 0 Å². The molecule has 3 heterocycles. The molecule has 10 heteroatoms. The van der Waals surface area contributed by atoms with Crippen molar-refractivity contribution in [3.63, 3.8) is 0 Å². The second-order valence-electron chi connectivity index (χ2n) is 8.68. The number of nitrogens with one attached hydrogen (secondary N) is 1. The van der Waals surface area contributed by atoms with Crippen LogP contribution < -0.4 is 5.32 Å². The molecule has 4 rings (SSSR count). The van der Waals surface area contributed by atoms with Crippen molar-refractivity contribution in [3.05, 3.63) is 40.9 Å². The van der Waals surface area contributed by atoms with Crippen molar-refractivity contribution in [3.8, 4) is 0 Å². The second kappa shape index (κ2) is 8.93. The van der Waals surface area contributed by atoms with Crippen molar-refractivity contribution in [1.29, 1.82) is 0 Å². The molecule has 1 amide bonds. The number of sulfonamides is 1. The lowest BCUT2D eigenvalue weighted by Gasteiger charge is -2.31. The number of hydrogen-bond donors (Lipinski definition) is 1. The fourth-order valence-corrected chi connectivity index (χ4v) is 6.26. The lowest BCUT2D eigenvalue weighted by molar-refractivity contribution is 0.103. The number of carbonyl (C=O) groups excluding carboxylic acids is 1.